The number of alkyl carbamates (subject to hydrolysis) is 1. The van der Waals surface area contributed by atoms with Crippen LogP contribution in [0.2, 0.25) is 0 Å². The van der Waals surface area contributed by atoms with Gasteiger partial charge in [-0.3, -0.25) is 0 Å². The summed E-state index contributed by atoms with van der Waals surface area (Å²) in [7, 11) is 0. The summed E-state index contributed by atoms with van der Waals surface area (Å²) in [4.78, 5) is 15.6. The zero-order chi connectivity index (χ0) is 24.3. The van der Waals surface area contributed by atoms with Crippen molar-refractivity contribution in [3.63, 3.8) is 0 Å². The van der Waals surface area contributed by atoms with Gasteiger partial charge in [-0.15, -0.1) is 0 Å². The van der Waals surface area contributed by atoms with Gasteiger partial charge in [-0.05, 0) is 48.9 Å². The highest BCUT2D eigenvalue weighted by molar-refractivity contribution is 5.67. The van der Waals surface area contributed by atoms with Crippen molar-refractivity contribution in [3.8, 4) is 0 Å². The molecule has 0 unspecified atom stereocenters. The molecule has 0 aliphatic carbocycles. The third-order valence-corrected chi connectivity index (χ3v) is 5.55. The fourth-order valence-electron chi connectivity index (χ4n) is 4.03. The lowest BCUT2D eigenvalue weighted by atomic mass is 9.92. The van der Waals surface area contributed by atoms with Gasteiger partial charge in [-0.1, -0.05) is 95.1 Å². The number of azide groups is 1. The molecule has 1 amide bonds. The SMILES string of the molecule is Cc1cc(C)cc(C[C@H](N=[N+]=[N-])[C@H](O)[C@H](Cc2ccccc2)NC(=O)OCc2ccccc2)c1. The Hall–Kier alpha value is -3.80. The Balaban J connectivity index is 1.77. The van der Waals surface area contributed by atoms with Crippen molar-refractivity contribution < 1.29 is 14.6 Å². The van der Waals surface area contributed by atoms with E-state index in [2.05, 4.69) is 21.4 Å². The van der Waals surface area contributed by atoms with Gasteiger partial charge in [0.05, 0.1) is 18.2 Å². The monoisotopic (exact) mass is 458 g/mol. The topological polar surface area (TPSA) is 107 Å². The number of hydrogen-bond acceptors (Lipinski definition) is 4. The highest BCUT2D eigenvalue weighted by Crippen LogP contribution is 2.18. The summed E-state index contributed by atoms with van der Waals surface area (Å²) >= 11 is 0. The Morgan fingerprint density at radius 1 is 0.941 bits per heavy atom. The molecule has 0 heterocycles. The van der Waals surface area contributed by atoms with Crippen molar-refractivity contribution in [3.05, 3.63) is 117 Å². The van der Waals surface area contributed by atoms with E-state index in [4.69, 9.17) is 4.74 Å². The summed E-state index contributed by atoms with van der Waals surface area (Å²) in [6.07, 6.45) is -1.07. The van der Waals surface area contributed by atoms with Crippen LogP contribution in [0, 0.1) is 13.8 Å². The third kappa shape index (κ3) is 7.66. The fourth-order valence-corrected chi connectivity index (χ4v) is 4.03. The first-order valence-electron chi connectivity index (χ1n) is 11.2. The predicted octanol–water partition coefficient (Wildman–Crippen LogP) is 5.42. The Labute approximate surface area is 200 Å². The van der Waals surface area contributed by atoms with Gasteiger partial charge < -0.3 is 15.2 Å². The molecule has 0 aromatic heterocycles. The first-order valence-corrected chi connectivity index (χ1v) is 11.2. The number of carbonyl (C=O) groups excluding carboxylic acids is 1. The van der Waals surface area contributed by atoms with Crippen LogP contribution in [0.15, 0.2) is 84.0 Å². The zero-order valence-electron chi connectivity index (χ0n) is 19.5. The predicted molar refractivity (Wildman–Crippen MR) is 132 cm³/mol. The van der Waals surface area contributed by atoms with E-state index in [0.717, 1.165) is 27.8 Å². The van der Waals surface area contributed by atoms with Crippen molar-refractivity contribution in [1.82, 2.24) is 5.32 Å². The molecule has 0 aliphatic rings. The number of aliphatic hydroxyl groups excluding tert-OH is 1. The Morgan fingerprint density at radius 2 is 1.53 bits per heavy atom. The number of nitrogens with one attached hydrogen (secondary N) is 1. The molecule has 0 aliphatic heterocycles. The van der Waals surface area contributed by atoms with E-state index in [1.54, 1.807) is 0 Å². The molecule has 3 rings (SSSR count). The van der Waals surface area contributed by atoms with E-state index in [1.807, 2.05) is 86.6 Å². The highest BCUT2D eigenvalue weighted by atomic mass is 16.5. The molecule has 3 aromatic carbocycles. The first-order chi connectivity index (χ1) is 16.4. The molecule has 0 fully saturated rings. The molecule has 2 N–H and O–H groups in total. The maximum atomic E-state index is 12.6. The summed E-state index contributed by atoms with van der Waals surface area (Å²) in [6, 6.07) is 23.5. The molecule has 176 valence electrons. The summed E-state index contributed by atoms with van der Waals surface area (Å²) < 4.78 is 5.37. The van der Waals surface area contributed by atoms with Crippen LogP contribution < -0.4 is 5.32 Å². The van der Waals surface area contributed by atoms with Crippen LogP contribution in [0.1, 0.15) is 27.8 Å². The van der Waals surface area contributed by atoms with Crippen LogP contribution in [0.4, 0.5) is 4.79 Å². The molecule has 0 saturated carbocycles. The molecule has 0 spiro atoms. The van der Waals surface area contributed by atoms with E-state index in [9.17, 15) is 15.4 Å². The minimum absolute atomic E-state index is 0.114. The second-order valence-corrected chi connectivity index (χ2v) is 8.47. The van der Waals surface area contributed by atoms with Gasteiger partial charge in [0.2, 0.25) is 0 Å². The number of nitrogens with zero attached hydrogens (tertiary/aromatic N) is 3. The number of benzene rings is 3. The van der Waals surface area contributed by atoms with Crippen molar-refractivity contribution in [2.75, 3.05) is 0 Å². The van der Waals surface area contributed by atoms with Gasteiger partial charge >= 0.3 is 6.09 Å². The summed E-state index contributed by atoms with van der Waals surface area (Å²) in [5, 5.41) is 17.9. The standard InChI is InChI=1S/C27H30N4O3/c1-19-13-20(2)15-23(14-19)17-25(30-31-28)26(32)24(16-21-9-5-3-6-10-21)29-27(33)34-18-22-11-7-4-8-12-22/h3-15,24-26,32H,16-18H2,1-2H3,(H,29,33)/t24-,25-,26+/m0/s1. The van der Waals surface area contributed by atoms with Crippen molar-refractivity contribution in [2.24, 2.45) is 5.11 Å². The minimum atomic E-state index is -1.12. The number of aliphatic hydroxyl groups is 1. The van der Waals surface area contributed by atoms with E-state index < -0.39 is 24.3 Å². The van der Waals surface area contributed by atoms with Crippen LogP contribution >= 0.6 is 0 Å². The lowest BCUT2D eigenvalue weighted by Crippen LogP contribution is -2.50. The van der Waals surface area contributed by atoms with Crippen molar-refractivity contribution in [2.45, 2.75) is 51.5 Å². The molecule has 3 atom stereocenters. The summed E-state index contributed by atoms with van der Waals surface area (Å²) in [6.45, 7) is 4.11. The first kappa shape index (κ1) is 24.8. The molecular weight excluding hydrogens is 428 g/mol. The lowest BCUT2D eigenvalue weighted by molar-refractivity contribution is 0.0857. The fraction of sp³-hybridized carbons (Fsp3) is 0.296. The van der Waals surface area contributed by atoms with Gasteiger partial charge in [0, 0.05) is 4.91 Å². The van der Waals surface area contributed by atoms with Gasteiger partial charge in [-0.2, -0.15) is 0 Å². The van der Waals surface area contributed by atoms with E-state index in [-0.39, 0.29) is 6.61 Å². The summed E-state index contributed by atoms with van der Waals surface area (Å²) in [5.74, 6) is 0. The van der Waals surface area contributed by atoms with Gasteiger partial charge in [0.25, 0.3) is 0 Å². The van der Waals surface area contributed by atoms with E-state index in [1.165, 1.54) is 0 Å². The quantitative estimate of drug-likeness (QED) is 0.240. The molecule has 0 saturated heterocycles. The number of rotatable bonds is 10. The second-order valence-electron chi connectivity index (χ2n) is 8.47. The minimum Gasteiger partial charge on any atom is -0.445 e. The van der Waals surface area contributed by atoms with Gasteiger partial charge in [-0.25, -0.2) is 4.79 Å². The summed E-state index contributed by atoms with van der Waals surface area (Å²) in [5.41, 5.74) is 14.1. The van der Waals surface area contributed by atoms with Crippen LogP contribution in [-0.2, 0) is 24.2 Å². The van der Waals surface area contributed by atoms with Crippen LogP contribution in [0.5, 0.6) is 0 Å². The number of ether oxygens (including phenoxy) is 1. The Bertz CT molecular complexity index is 1090. The Kier molecular flexibility index (Phi) is 9.09. The highest BCUT2D eigenvalue weighted by Gasteiger charge is 2.29. The maximum Gasteiger partial charge on any atom is 0.407 e. The molecule has 7 heteroatoms. The zero-order valence-corrected chi connectivity index (χ0v) is 19.5. The van der Waals surface area contributed by atoms with E-state index in [0.29, 0.717) is 12.8 Å². The van der Waals surface area contributed by atoms with Crippen molar-refractivity contribution in [1.29, 1.82) is 0 Å². The average molecular weight is 459 g/mol. The smallest absolute Gasteiger partial charge is 0.407 e. The van der Waals surface area contributed by atoms with Crippen LogP contribution in [0.25, 0.3) is 10.4 Å². The third-order valence-electron chi connectivity index (χ3n) is 5.55. The van der Waals surface area contributed by atoms with Crippen LogP contribution in [-0.4, -0.2) is 29.4 Å². The lowest BCUT2D eigenvalue weighted by Gasteiger charge is -2.28. The van der Waals surface area contributed by atoms with E-state index >= 15 is 0 Å². The Morgan fingerprint density at radius 3 is 2.12 bits per heavy atom. The number of aryl methyl sites for hydroxylation is 2. The maximum absolute atomic E-state index is 12.6. The molecule has 0 radical (unpaired) electrons. The number of carbonyl (C=O) groups is 1. The molecule has 3 aromatic rings. The van der Waals surface area contributed by atoms with Gasteiger partial charge in [0.1, 0.15) is 6.61 Å². The van der Waals surface area contributed by atoms with Crippen LogP contribution in [0.3, 0.4) is 0 Å². The molecule has 0 bridgehead atoms. The normalized spacial score (nSPS) is 13.3. The largest absolute Gasteiger partial charge is 0.445 e. The average Bonchev–Trinajstić information content (AvgIpc) is 2.82. The second kappa shape index (κ2) is 12.4. The number of amides is 1. The van der Waals surface area contributed by atoms with Gasteiger partial charge in [0.15, 0.2) is 0 Å². The molecular formula is C27H30N4O3. The molecule has 7 nitrogen and oxygen atoms in total. The number of hydrogen-bond donors (Lipinski definition) is 2. The van der Waals surface area contributed by atoms with Crippen molar-refractivity contribution >= 4 is 6.09 Å². The molecule has 34 heavy (non-hydrogen) atoms.